The molecular weight excluding hydrogens is 286 g/mol. The summed E-state index contributed by atoms with van der Waals surface area (Å²) in [5, 5.41) is 0.780. The molecule has 1 aromatic carbocycles. The molecule has 0 radical (unpaired) electrons. The lowest BCUT2D eigenvalue weighted by molar-refractivity contribution is 0.193. The molecule has 1 aliphatic rings. The number of halogens is 1. The Hall–Kier alpha value is -1.65. The quantitative estimate of drug-likeness (QED) is 0.869. The lowest BCUT2D eigenvalue weighted by atomic mass is 10.0. The summed E-state index contributed by atoms with van der Waals surface area (Å²) in [6.07, 6.45) is 2.66. The first kappa shape index (κ1) is 14.3. The highest BCUT2D eigenvalue weighted by atomic mass is 35.5. The number of ether oxygens (including phenoxy) is 1. The van der Waals surface area contributed by atoms with Crippen molar-refractivity contribution in [1.82, 2.24) is 9.97 Å². The molecule has 0 bridgehead atoms. The molecule has 1 atom stereocenters. The summed E-state index contributed by atoms with van der Waals surface area (Å²) in [4.78, 5) is 10.8. The van der Waals surface area contributed by atoms with Gasteiger partial charge >= 0.3 is 0 Å². The van der Waals surface area contributed by atoms with Crippen LogP contribution in [0.5, 0.6) is 0 Å². The molecule has 0 N–H and O–H groups in total. The smallest absolute Gasteiger partial charge is 0.132 e. The number of nitrogens with zero attached hydrogens (tertiary/aromatic N) is 3. The van der Waals surface area contributed by atoms with Gasteiger partial charge in [0.25, 0.3) is 0 Å². The largest absolute Gasteiger partial charge is 0.381 e. The third kappa shape index (κ3) is 3.34. The summed E-state index contributed by atoms with van der Waals surface area (Å²) < 4.78 is 5.43. The molecule has 0 aliphatic carbocycles. The van der Waals surface area contributed by atoms with Crippen LogP contribution in [0.15, 0.2) is 36.7 Å². The second kappa shape index (κ2) is 6.41. The van der Waals surface area contributed by atoms with Gasteiger partial charge in [0.1, 0.15) is 12.1 Å². The van der Waals surface area contributed by atoms with Crippen LogP contribution in [-0.4, -0.2) is 30.2 Å². The summed E-state index contributed by atoms with van der Waals surface area (Å²) >= 11 is 6.21. The highest BCUT2D eigenvalue weighted by Gasteiger charge is 2.20. The van der Waals surface area contributed by atoms with E-state index < -0.39 is 0 Å². The SMILES string of the molecule is CN(Cc1ccccc1Cl)c1cc([C@@H]2CCOC2)ncn1. The molecule has 0 amide bonds. The predicted octanol–water partition coefficient (Wildman–Crippen LogP) is 3.27. The minimum Gasteiger partial charge on any atom is -0.381 e. The monoisotopic (exact) mass is 303 g/mol. The second-order valence-electron chi connectivity index (χ2n) is 5.31. The van der Waals surface area contributed by atoms with Gasteiger partial charge in [-0.05, 0) is 18.1 Å². The van der Waals surface area contributed by atoms with Crippen molar-refractivity contribution in [3.63, 3.8) is 0 Å². The lowest BCUT2D eigenvalue weighted by Crippen LogP contribution is -2.18. The van der Waals surface area contributed by atoms with E-state index in [-0.39, 0.29) is 0 Å². The predicted molar refractivity (Wildman–Crippen MR) is 83.8 cm³/mol. The van der Waals surface area contributed by atoms with Gasteiger partial charge in [0.2, 0.25) is 0 Å². The Kier molecular flexibility index (Phi) is 4.36. The fourth-order valence-corrected chi connectivity index (χ4v) is 2.72. The maximum absolute atomic E-state index is 6.21. The van der Waals surface area contributed by atoms with E-state index in [2.05, 4.69) is 20.9 Å². The number of rotatable bonds is 4. The Labute approximate surface area is 129 Å². The molecule has 21 heavy (non-hydrogen) atoms. The summed E-state index contributed by atoms with van der Waals surface area (Å²) in [5.41, 5.74) is 2.15. The topological polar surface area (TPSA) is 38.2 Å². The molecule has 1 saturated heterocycles. The molecule has 110 valence electrons. The van der Waals surface area contributed by atoms with Gasteiger partial charge < -0.3 is 9.64 Å². The maximum Gasteiger partial charge on any atom is 0.132 e. The minimum atomic E-state index is 0.389. The fourth-order valence-electron chi connectivity index (χ4n) is 2.52. The van der Waals surface area contributed by atoms with Gasteiger partial charge in [-0.15, -0.1) is 0 Å². The molecule has 0 unspecified atom stereocenters. The van der Waals surface area contributed by atoms with Gasteiger partial charge in [-0.2, -0.15) is 0 Å². The molecular formula is C16H18ClN3O. The lowest BCUT2D eigenvalue weighted by Gasteiger charge is -2.20. The molecule has 0 saturated carbocycles. The van der Waals surface area contributed by atoms with E-state index in [1.165, 1.54) is 0 Å². The van der Waals surface area contributed by atoms with Crippen LogP contribution in [0.25, 0.3) is 0 Å². The summed E-state index contributed by atoms with van der Waals surface area (Å²) in [6.45, 7) is 2.29. The molecule has 3 rings (SSSR count). The zero-order chi connectivity index (χ0) is 14.7. The van der Waals surface area contributed by atoms with Crippen LogP contribution in [0.4, 0.5) is 5.82 Å². The molecule has 0 spiro atoms. The first-order valence-electron chi connectivity index (χ1n) is 7.08. The van der Waals surface area contributed by atoms with E-state index in [9.17, 15) is 0 Å². The number of anilines is 1. The molecule has 5 heteroatoms. The fraction of sp³-hybridized carbons (Fsp3) is 0.375. The number of benzene rings is 1. The number of aromatic nitrogens is 2. The summed E-state index contributed by atoms with van der Waals surface area (Å²) in [7, 11) is 2.01. The van der Waals surface area contributed by atoms with Crippen LogP contribution in [0.3, 0.4) is 0 Å². The van der Waals surface area contributed by atoms with Gasteiger partial charge in [-0.1, -0.05) is 29.8 Å². The van der Waals surface area contributed by atoms with Crippen LogP contribution in [0.2, 0.25) is 5.02 Å². The van der Waals surface area contributed by atoms with Crippen molar-refractivity contribution >= 4 is 17.4 Å². The van der Waals surface area contributed by atoms with Crippen molar-refractivity contribution in [2.75, 3.05) is 25.2 Å². The summed E-state index contributed by atoms with van der Waals surface area (Å²) in [6, 6.07) is 9.93. The van der Waals surface area contributed by atoms with Gasteiger partial charge in [0, 0.05) is 37.2 Å². The van der Waals surface area contributed by atoms with E-state index in [4.69, 9.17) is 16.3 Å². The van der Waals surface area contributed by atoms with E-state index in [0.717, 1.165) is 48.3 Å². The van der Waals surface area contributed by atoms with Crippen LogP contribution < -0.4 is 4.90 Å². The second-order valence-corrected chi connectivity index (χ2v) is 5.72. The average molecular weight is 304 g/mol. The minimum absolute atomic E-state index is 0.389. The Bertz CT molecular complexity index is 614. The first-order chi connectivity index (χ1) is 10.2. The van der Waals surface area contributed by atoms with Crippen molar-refractivity contribution in [3.8, 4) is 0 Å². The highest BCUT2D eigenvalue weighted by Crippen LogP contribution is 2.26. The third-order valence-corrected chi connectivity index (χ3v) is 4.15. The van der Waals surface area contributed by atoms with Gasteiger partial charge in [0.05, 0.1) is 12.3 Å². The molecule has 4 nitrogen and oxygen atoms in total. The Morgan fingerprint density at radius 2 is 2.19 bits per heavy atom. The van der Waals surface area contributed by atoms with Gasteiger partial charge in [-0.3, -0.25) is 0 Å². The van der Waals surface area contributed by atoms with E-state index >= 15 is 0 Å². The van der Waals surface area contributed by atoms with Crippen molar-refractivity contribution < 1.29 is 4.74 Å². The Balaban J connectivity index is 1.76. The normalized spacial score (nSPS) is 17.9. The van der Waals surface area contributed by atoms with E-state index in [1.54, 1.807) is 6.33 Å². The summed E-state index contributed by atoms with van der Waals surface area (Å²) in [5.74, 6) is 1.30. The molecule has 2 aromatic rings. The Morgan fingerprint density at radius 3 is 2.95 bits per heavy atom. The maximum atomic E-state index is 6.21. The van der Waals surface area contributed by atoms with Crippen molar-refractivity contribution in [2.24, 2.45) is 0 Å². The highest BCUT2D eigenvalue weighted by molar-refractivity contribution is 6.31. The van der Waals surface area contributed by atoms with Crippen LogP contribution >= 0.6 is 11.6 Å². The molecule has 1 aromatic heterocycles. The van der Waals surface area contributed by atoms with Crippen molar-refractivity contribution in [3.05, 3.63) is 52.9 Å². The number of hydrogen-bond donors (Lipinski definition) is 0. The van der Waals surface area contributed by atoms with Crippen LogP contribution in [0.1, 0.15) is 23.6 Å². The average Bonchev–Trinajstić information content (AvgIpc) is 3.04. The molecule has 1 fully saturated rings. The zero-order valence-corrected chi connectivity index (χ0v) is 12.8. The molecule has 2 heterocycles. The number of hydrogen-bond acceptors (Lipinski definition) is 4. The zero-order valence-electron chi connectivity index (χ0n) is 12.0. The van der Waals surface area contributed by atoms with Crippen molar-refractivity contribution in [1.29, 1.82) is 0 Å². The van der Waals surface area contributed by atoms with Crippen LogP contribution in [-0.2, 0) is 11.3 Å². The van der Waals surface area contributed by atoms with E-state index in [0.29, 0.717) is 5.92 Å². The first-order valence-corrected chi connectivity index (χ1v) is 7.46. The third-order valence-electron chi connectivity index (χ3n) is 3.78. The van der Waals surface area contributed by atoms with Crippen molar-refractivity contribution in [2.45, 2.75) is 18.9 Å². The van der Waals surface area contributed by atoms with Gasteiger partial charge in [0.15, 0.2) is 0 Å². The molecule has 1 aliphatic heterocycles. The van der Waals surface area contributed by atoms with Crippen LogP contribution in [0, 0.1) is 0 Å². The van der Waals surface area contributed by atoms with Gasteiger partial charge in [-0.25, -0.2) is 9.97 Å². The standard InChI is InChI=1S/C16H18ClN3O/c1-20(9-12-4-2-3-5-14(12)17)16-8-15(18-11-19-16)13-6-7-21-10-13/h2-5,8,11,13H,6-7,9-10H2,1H3/t13-/m1/s1. The Morgan fingerprint density at radius 1 is 1.33 bits per heavy atom. The van der Waals surface area contributed by atoms with E-state index in [1.807, 2.05) is 31.3 Å².